The van der Waals surface area contributed by atoms with Crippen LogP contribution in [0.1, 0.15) is 37.9 Å². The van der Waals surface area contributed by atoms with Gasteiger partial charge in [-0.05, 0) is 36.8 Å². The van der Waals surface area contributed by atoms with Gasteiger partial charge < -0.3 is 19.5 Å². The molecule has 2 aliphatic heterocycles. The van der Waals surface area contributed by atoms with Gasteiger partial charge in [-0.3, -0.25) is 4.79 Å². The van der Waals surface area contributed by atoms with Crippen LogP contribution >= 0.6 is 0 Å². The molecule has 126 valence electrons. The third kappa shape index (κ3) is 3.64. The van der Waals surface area contributed by atoms with Crippen molar-refractivity contribution < 1.29 is 19.0 Å². The van der Waals surface area contributed by atoms with Crippen molar-refractivity contribution in [3.8, 4) is 5.88 Å². The minimum atomic E-state index is -0.343. The number of carbonyl (C=O) groups excluding carboxylic acids is 1. The first kappa shape index (κ1) is 16.2. The Morgan fingerprint density at radius 2 is 2.22 bits per heavy atom. The van der Waals surface area contributed by atoms with Gasteiger partial charge in [0.05, 0.1) is 13.2 Å². The Bertz CT molecular complexity index is 551. The molecule has 6 heteroatoms. The van der Waals surface area contributed by atoms with Gasteiger partial charge >= 0.3 is 0 Å². The zero-order valence-corrected chi connectivity index (χ0v) is 13.7. The lowest BCUT2D eigenvalue weighted by Gasteiger charge is -2.33. The van der Waals surface area contributed by atoms with E-state index in [0.717, 1.165) is 24.8 Å². The highest BCUT2D eigenvalue weighted by Crippen LogP contribution is 2.30. The quantitative estimate of drug-likeness (QED) is 0.917. The Kier molecular flexibility index (Phi) is 5.13. The molecule has 1 amide bonds. The van der Waals surface area contributed by atoms with Gasteiger partial charge in [0.15, 0.2) is 0 Å². The SMILES string of the molecule is COc1cc([C@H]2OCCC[C@@H]2NC(=O)[C@H]2OCC[C@H]2C)ccn1. The van der Waals surface area contributed by atoms with Crippen LogP contribution in [-0.2, 0) is 14.3 Å². The summed E-state index contributed by atoms with van der Waals surface area (Å²) in [4.78, 5) is 16.6. The van der Waals surface area contributed by atoms with E-state index in [4.69, 9.17) is 14.2 Å². The van der Waals surface area contributed by atoms with Crippen LogP contribution in [0.2, 0.25) is 0 Å². The maximum atomic E-state index is 12.5. The summed E-state index contributed by atoms with van der Waals surface area (Å²) in [7, 11) is 1.59. The summed E-state index contributed by atoms with van der Waals surface area (Å²) in [5, 5.41) is 3.13. The molecule has 0 aliphatic carbocycles. The number of hydrogen-bond donors (Lipinski definition) is 1. The van der Waals surface area contributed by atoms with Crippen LogP contribution in [0.5, 0.6) is 5.88 Å². The van der Waals surface area contributed by atoms with Crippen LogP contribution in [0.4, 0.5) is 0 Å². The molecule has 0 aromatic carbocycles. The highest BCUT2D eigenvalue weighted by Gasteiger charge is 2.35. The van der Waals surface area contributed by atoms with Gasteiger partial charge in [-0.25, -0.2) is 4.98 Å². The van der Waals surface area contributed by atoms with Crippen LogP contribution < -0.4 is 10.1 Å². The molecule has 0 unspecified atom stereocenters. The molecule has 3 rings (SSSR count). The van der Waals surface area contributed by atoms with Crippen molar-refractivity contribution in [1.82, 2.24) is 10.3 Å². The van der Waals surface area contributed by atoms with Gasteiger partial charge in [0, 0.05) is 25.5 Å². The van der Waals surface area contributed by atoms with Crippen LogP contribution in [0, 0.1) is 5.92 Å². The van der Waals surface area contributed by atoms with Crippen molar-refractivity contribution >= 4 is 5.91 Å². The van der Waals surface area contributed by atoms with Crippen LogP contribution in [0.15, 0.2) is 18.3 Å². The van der Waals surface area contributed by atoms with Crippen molar-refractivity contribution in [3.05, 3.63) is 23.9 Å². The number of amides is 1. The lowest BCUT2D eigenvalue weighted by atomic mass is 9.95. The van der Waals surface area contributed by atoms with Gasteiger partial charge in [-0.1, -0.05) is 6.92 Å². The minimum absolute atomic E-state index is 0.0310. The summed E-state index contributed by atoms with van der Waals surface area (Å²) in [6, 6.07) is 3.72. The molecular weight excluding hydrogens is 296 g/mol. The number of carbonyl (C=O) groups is 1. The van der Waals surface area contributed by atoms with Gasteiger partial charge in [0.25, 0.3) is 0 Å². The van der Waals surface area contributed by atoms with Crippen LogP contribution in [-0.4, -0.2) is 43.4 Å². The predicted molar refractivity (Wildman–Crippen MR) is 84.2 cm³/mol. The molecule has 1 aromatic rings. The third-order valence-electron chi connectivity index (χ3n) is 4.59. The molecule has 0 spiro atoms. The number of nitrogens with zero attached hydrogens (tertiary/aromatic N) is 1. The van der Waals surface area contributed by atoms with E-state index < -0.39 is 0 Å². The summed E-state index contributed by atoms with van der Waals surface area (Å²) >= 11 is 0. The van der Waals surface area contributed by atoms with E-state index >= 15 is 0 Å². The lowest BCUT2D eigenvalue weighted by Crippen LogP contribution is -2.47. The second kappa shape index (κ2) is 7.27. The van der Waals surface area contributed by atoms with Gasteiger partial charge in [-0.2, -0.15) is 0 Å². The number of rotatable bonds is 4. The highest BCUT2D eigenvalue weighted by atomic mass is 16.5. The van der Waals surface area contributed by atoms with Gasteiger partial charge in [0.2, 0.25) is 11.8 Å². The summed E-state index contributed by atoms with van der Waals surface area (Å²) in [5.74, 6) is 0.782. The number of pyridine rings is 1. The van der Waals surface area contributed by atoms with Crippen molar-refractivity contribution in [1.29, 1.82) is 0 Å². The largest absolute Gasteiger partial charge is 0.481 e. The number of ether oxygens (including phenoxy) is 3. The normalized spacial score (nSPS) is 30.9. The summed E-state index contributed by atoms with van der Waals surface area (Å²) in [5.41, 5.74) is 0.974. The smallest absolute Gasteiger partial charge is 0.249 e. The molecular formula is C17H24N2O4. The van der Waals surface area contributed by atoms with Crippen molar-refractivity contribution in [2.75, 3.05) is 20.3 Å². The Labute approximate surface area is 136 Å². The number of aromatic nitrogens is 1. The van der Waals surface area contributed by atoms with E-state index in [1.165, 1.54) is 0 Å². The summed E-state index contributed by atoms with van der Waals surface area (Å²) in [6.45, 7) is 3.41. The fourth-order valence-electron chi connectivity index (χ4n) is 3.27. The highest BCUT2D eigenvalue weighted by molar-refractivity contribution is 5.81. The first-order valence-electron chi connectivity index (χ1n) is 8.22. The van der Waals surface area contributed by atoms with E-state index in [1.807, 2.05) is 12.1 Å². The molecule has 2 fully saturated rings. The molecule has 2 saturated heterocycles. The second-order valence-electron chi connectivity index (χ2n) is 6.24. The van der Waals surface area contributed by atoms with Crippen LogP contribution in [0.25, 0.3) is 0 Å². The molecule has 0 saturated carbocycles. The van der Waals surface area contributed by atoms with E-state index in [0.29, 0.717) is 19.1 Å². The zero-order valence-electron chi connectivity index (χ0n) is 13.7. The minimum Gasteiger partial charge on any atom is -0.481 e. The third-order valence-corrected chi connectivity index (χ3v) is 4.59. The van der Waals surface area contributed by atoms with E-state index in [2.05, 4.69) is 17.2 Å². The fourth-order valence-corrected chi connectivity index (χ4v) is 3.27. The lowest BCUT2D eigenvalue weighted by molar-refractivity contribution is -0.134. The van der Waals surface area contributed by atoms with Gasteiger partial charge in [0.1, 0.15) is 12.2 Å². The molecule has 6 nitrogen and oxygen atoms in total. The van der Waals surface area contributed by atoms with Crippen molar-refractivity contribution in [2.24, 2.45) is 5.92 Å². The van der Waals surface area contributed by atoms with E-state index in [1.54, 1.807) is 13.3 Å². The molecule has 3 heterocycles. The molecule has 0 bridgehead atoms. The molecule has 4 atom stereocenters. The standard InChI is InChI=1S/C17H24N2O4/c1-11-6-9-23-15(11)17(20)19-13-4-3-8-22-16(13)12-5-7-18-14(10-12)21-2/h5,7,10-11,13,15-16H,3-4,6,8-9H2,1-2H3,(H,19,20)/t11-,13+,15+,16-/m1/s1. The maximum absolute atomic E-state index is 12.5. The predicted octanol–water partition coefficient (Wildman–Crippen LogP) is 1.85. The summed E-state index contributed by atoms with van der Waals surface area (Å²) in [6.07, 6.45) is 3.94. The second-order valence-corrected chi connectivity index (χ2v) is 6.24. The Morgan fingerprint density at radius 1 is 1.35 bits per heavy atom. The average molecular weight is 320 g/mol. The zero-order chi connectivity index (χ0) is 16.2. The van der Waals surface area contributed by atoms with Crippen molar-refractivity contribution in [2.45, 2.75) is 44.4 Å². The first-order valence-corrected chi connectivity index (χ1v) is 8.22. The summed E-state index contributed by atoms with van der Waals surface area (Å²) < 4.78 is 16.7. The van der Waals surface area contributed by atoms with Crippen molar-refractivity contribution in [3.63, 3.8) is 0 Å². The fraction of sp³-hybridized carbons (Fsp3) is 0.647. The van der Waals surface area contributed by atoms with Crippen LogP contribution in [0.3, 0.4) is 0 Å². The maximum Gasteiger partial charge on any atom is 0.249 e. The topological polar surface area (TPSA) is 69.7 Å². The Hall–Kier alpha value is -1.66. The number of hydrogen-bond acceptors (Lipinski definition) is 5. The molecule has 1 aromatic heterocycles. The number of methoxy groups -OCH3 is 1. The Morgan fingerprint density at radius 3 is 2.96 bits per heavy atom. The van der Waals surface area contributed by atoms with Gasteiger partial charge in [-0.15, -0.1) is 0 Å². The molecule has 0 radical (unpaired) electrons. The first-order chi connectivity index (χ1) is 11.2. The number of nitrogens with one attached hydrogen (secondary N) is 1. The monoisotopic (exact) mass is 320 g/mol. The molecule has 2 aliphatic rings. The molecule has 1 N–H and O–H groups in total. The molecule has 23 heavy (non-hydrogen) atoms. The average Bonchev–Trinajstić information content (AvgIpc) is 3.01. The Balaban J connectivity index is 1.72. The van der Waals surface area contributed by atoms with E-state index in [9.17, 15) is 4.79 Å². The van der Waals surface area contributed by atoms with E-state index in [-0.39, 0.29) is 30.1 Å².